The average molecular weight is 160 g/mol. The molecule has 0 bridgehead atoms. The van der Waals surface area contributed by atoms with Crippen molar-refractivity contribution in [2.75, 3.05) is 12.8 Å². The third-order valence-electron chi connectivity index (χ3n) is 1.52. The van der Waals surface area contributed by atoms with Gasteiger partial charge >= 0.3 is 0 Å². The van der Waals surface area contributed by atoms with Crippen molar-refractivity contribution in [2.45, 2.75) is 18.5 Å². The minimum absolute atomic E-state index is 0.117. The van der Waals surface area contributed by atoms with Crippen molar-refractivity contribution in [1.29, 1.82) is 0 Å². The van der Waals surface area contributed by atoms with Crippen molar-refractivity contribution < 1.29 is 0 Å². The molecular weight excluding hydrogens is 144 g/mol. The molecule has 10 heavy (non-hydrogen) atoms. The summed E-state index contributed by atoms with van der Waals surface area (Å²) >= 11 is 4.10. The van der Waals surface area contributed by atoms with E-state index in [-0.39, 0.29) is 6.04 Å². The molecule has 3 N–H and O–H groups in total. The number of hydrogen-bond donors (Lipinski definition) is 3. The highest BCUT2D eigenvalue weighted by Gasteiger charge is 2.11. The Bertz CT molecular complexity index is 95.6. The van der Waals surface area contributed by atoms with Crippen molar-refractivity contribution in [3.05, 3.63) is 12.7 Å². The number of nitrogens with two attached hydrogens (primary N) is 1. The van der Waals surface area contributed by atoms with Crippen LogP contribution in [0.15, 0.2) is 12.7 Å². The van der Waals surface area contributed by atoms with E-state index in [9.17, 15) is 0 Å². The monoisotopic (exact) mass is 160 g/mol. The molecule has 0 rings (SSSR count). The Morgan fingerprint density at radius 2 is 2.40 bits per heavy atom. The second-order valence-corrected chi connectivity index (χ2v) is 2.63. The second kappa shape index (κ2) is 5.77. The summed E-state index contributed by atoms with van der Waals surface area (Å²) in [5, 5.41) is 3.11. The fourth-order valence-electron chi connectivity index (χ4n) is 0.814. The lowest BCUT2D eigenvalue weighted by molar-refractivity contribution is 0.492. The van der Waals surface area contributed by atoms with Crippen LogP contribution in [-0.2, 0) is 0 Å². The quantitative estimate of drug-likeness (QED) is 0.402. The van der Waals surface area contributed by atoms with E-state index in [0.717, 1.165) is 6.42 Å². The summed E-state index contributed by atoms with van der Waals surface area (Å²) in [5.41, 5.74) is 5.73. The van der Waals surface area contributed by atoms with Gasteiger partial charge in [-0.2, -0.15) is 12.6 Å². The summed E-state index contributed by atoms with van der Waals surface area (Å²) in [6, 6.07) is 0.432. The Hall–Kier alpha value is 0.0100. The molecule has 2 nitrogen and oxygen atoms in total. The van der Waals surface area contributed by atoms with E-state index < -0.39 is 0 Å². The maximum Gasteiger partial charge on any atom is 0.0286 e. The Kier molecular flexibility index (Phi) is 5.78. The molecule has 0 aromatic heterocycles. The van der Waals surface area contributed by atoms with Crippen LogP contribution in [0.1, 0.15) is 6.42 Å². The molecule has 2 atom stereocenters. The fraction of sp³-hybridized carbons (Fsp3) is 0.714. The number of nitrogens with one attached hydrogen (secondary N) is 1. The lowest BCUT2D eigenvalue weighted by Gasteiger charge is -2.19. The van der Waals surface area contributed by atoms with Gasteiger partial charge in [-0.1, -0.05) is 6.08 Å². The van der Waals surface area contributed by atoms with Gasteiger partial charge in [-0.3, -0.25) is 0 Å². The van der Waals surface area contributed by atoms with E-state index in [2.05, 4.69) is 24.5 Å². The molecule has 0 aromatic carbocycles. The van der Waals surface area contributed by atoms with Crippen molar-refractivity contribution >= 4 is 12.6 Å². The second-order valence-electron chi connectivity index (χ2n) is 2.27. The van der Waals surface area contributed by atoms with Gasteiger partial charge in [-0.05, 0) is 13.5 Å². The number of thiol groups is 1. The first-order chi connectivity index (χ1) is 4.76. The summed E-state index contributed by atoms with van der Waals surface area (Å²) in [6.45, 7) is 3.64. The van der Waals surface area contributed by atoms with E-state index in [1.54, 1.807) is 0 Å². The Labute approximate surface area is 68.3 Å². The molecule has 0 aromatic rings. The van der Waals surface area contributed by atoms with E-state index in [1.165, 1.54) is 0 Å². The largest absolute Gasteiger partial charge is 0.326 e. The molecule has 0 saturated heterocycles. The topological polar surface area (TPSA) is 38.0 Å². The SMILES string of the molecule is C=CC[C@@H](NC)C(N)CS. The molecule has 0 spiro atoms. The van der Waals surface area contributed by atoms with Crippen LogP contribution in [0, 0.1) is 0 Å². The Morgan fingerprint density at radius 1 is 1.80 bits per heavy atom. The third kappa shape index (κ3) is 3.25. The highest BCUT2D eigenvalue weighted by atomic mass is 32.1. The highest BCUT2D eigenvalue weighted by molar-refractivity contribution is 7.80. The van der Waals surface area contributed by atoms with Gasteiger partial charge in [0.1, 0.15) is 0 Å². The molecular formula is C7H16N2S. The first kappa shape index (κ1) is 10.0. The summed E-state index contributed by atoms with van der Waals surface area (Å²) in [7, 11) is 1.90. The van der Waals surface area contributed by atoms with Gasteiger partial charge in [0.05, 0.1) is 0 Å². The molecule has 0 aliphatic carbocycles. The fourth-order valence-corrected chi connectivity index (χ4v) is 1.07. The van der Waals surface area contributed by atoms with Crippen LogP contribution in [0.5, 0.6) is 0 Å². The van der Waals surface area contributed by atoms with Gasteiger partial charge in [-0.25, -0.2) is 0 Å². The van der Waals surface area contributed by atoms with Crippen LogP contribution >= 0.6 is 12.6 Å². The predicted molar refractivity (Wildman–Crippen MR) is 49.5 cm³/mol. The minimum atomic E-state index is 0.117. The summed E-state index contributed by atoms with van der Waals surface area (Å²) in [5.74, 6) is 0.708. The standard InChI is InChI=1S/C7H16N2S/c1-3-4-7(9-2)6(8)5-10/h3,6-7,9-10H,1,4-5,8H2,2H3/t6?,7-/m1/s1. The van der Waals surface area contributed by atoms with Crippen LogP contribution in [-0.4, -0.2) is 24.9 Å². The van der Waals surface area contributed by atoms with Gasteiger partial charge in [0.15, 0.2) is 0 Å². The molecule has 0 aliphatic heterocycles. The summed E-state index contributed by atoms with van der Waals surface area (Å²) in [4.78, 5) is 0. The average Bonchev–Trinajstić information content (AvgIpc) is 1.99. The van der Waals surface area contributed by atoms with Gasteiger partial charge in [-0.15, -0.1) is 6.58 Å². The zero-order chi connectivity index (χ0) is 7.98. The zero-order valence-electron chi connectivity index (χ0n) is 6.38. The number of likely N-dealkylation sites (N-methyl/N-ethyl adjacent to an activating group) is 1. The molecule has 3 heteroatoms. The predicted octanol–water partition coefficient (Wildman–Crippen LogP) is 0.408. The molecule has 0 heterocycles. The van der Waals surface area contributed by atoms with E-state index in [0.29, 0.717) is 11.8 Å². The van der Waals surface area contributed by atoms with Crippen LogP contribution in [0.25, 0.3) is 0 Å². The number of hydrogen-bond acceptors (Lipinski definition) is 3. The van der Waals surface area contributed by atoms with E-state index in [1.807, 2.05) is 13.1 Å². The Morgan fingerprint density at radius 3 is 2.70 bits per heavy atom. The zero-order valence-corrected chi connectivity index (χ0v) is 7.27. The van der Waals surface area contributed by atoms with Crippen molar-refractivity contribution in [2.24, 2.45) is 5.73 Å². The lowest BCUT2D eigenvalue weighted by Crippen LogP contribution is -2.44. The lowest BCUT2D eigenvalue weighted by atomic mass is 10.1. The van der Waals surface area contributed by atoms with Crippen LogP contribution in [0.3, 0.4) is 0 Å². The first-order valence-corrected chi connectivity index (χ1v) is 4.04. The van der Waals surface area contributed by atoms with Crippen molar-refractivity contribution in [3.8, 4) is 0 Å². The molecule has 0 radical (unpaired) electrons. The van der Waals surface area contributed by atoms with Gasteiger partial charge < -0.3 is 11.1 Å². The summed E-state index contributed by atoms with van der Waals surface area (Å²) in [6.07, 6.45) is 2.77. The van der Waals surface area contributed by atoms with Gasteiger partial charge in [0, 0.05) is 17.8 Å². The van der Waals surface area contributed by atoms with Crippen LogP contribution in [0.4, 0.5) is 0 Å². The van der Waals surface area contributed by atoms with Crippen LogP contribution in [0.2, 0.25) is 0 Å². The minimum Gasteiger partial charge on any atom is -0.326 e. The first-order valence-electron chi connectivity index (χ1n) is 3.40. The Balaban J connectivity index is 3.67. The smallest absolute Gasteiger partial charge is 0.0286 e. The highest BCUT2D eigenvalue weighted by Crippen LogP contribution is 1.98. The molecule has 60 valence electrons. The van der Waals surface area contributed by atoms with E-state index in [4.69, 9.17) is 5.73 Å². The number of rotatable bonds is 5. The molecule has 0 saturated carbocycles. The van der Waals surface area contributed by atoms with Gasteiger partial charge in [0.25, 0.3) is 0 Å². The van der Waals surface area contributed by atoms with Crippen molar-refractivity contribution in [3.63, 3.8) is 0 Å². The maximum atomic E-state index is 5.73. The molecule has 0 amide bonds. The summed E-state index contributed by atoms with van der Waals surface area (Å²) < 4.78 is 0. The molecule has 0 aliphatic rings. The van der Waals surface area contributed by atoms with Crippen LogP contribution < -0.4 is 11.1 Å². The maximum absolute atomic E-state index is 5.73. The third-order valence-corrected chi connectivity index (χ3v) is 1.94. The molecule has 1 unspecified atom stereocenters. The molecule has 0 fully saturated rings. The normalized spacial score (nSPS) is 16.3. The van der Waals surface area contributed by atoms with E-state index >= 15 is 0 Å². The van der Waals surface area contributed by atoms with Gasteiger partial charge in [0.2, 0.25) is 0 Å². The van der Waals surface area contributed by atoms with Crippen molar-refractivity contribution in [1.82, 2.24) is 5.32 Å².